The number of nitrogens with zero attached hydrogens (tertiary/aromatic N) is 4. The fourth-order valence-corrected chi connectivity index (χ4v) is 3.14. The van der Waals surface area contributed by atoms with Crippen molar-refractivity contribution in [2.24, 2.45) is 17.6 Å². The van der Waals surface area contributed by atoms with Gasteiger partial charge in [0.1, 0.15) is 17.5 Å². The highest BCUT2D eigenvalue weighted by Crippen LogP contribution is 2.29. The van der Waals surface area contributed by atoms with Crippen LogP contribution in [0, 0.1) is 30.1 Å². The molecule has 0 aromatic carbocycles. The zero-order valence-electron chi connectivity index (χ0n) is 14.5. The van der Waals surface area contributed by atoms with Gasteiger partial charge in [0.15, 0.2) is 5.65 Å². The topological polar surface area (TPSA) is 172 Å². The quantitative estimate of drug-likeness (QED) is 0.723. The van der Waals surface area contributed by atoms with E-state index < -0.39 is 0 Å². The van der Waals surface area contributed by atoms with Gasteiger partial charge in [0.05, 0.1) is 6.20 Å². The molecule has 0 unspecified atom stereocenters. The number of anilines is 1. The summed E-state index contributed by atoms with van der Waals surface area (Å²) in [7, 11) is 0. The van der Waals surface area contributed by atoms with Crippen molar-refractivity contribution >= 4 is 34.4 Å². The third kappa shape index (κ3) is 4.76. The maximum absolute atomic E-state index is 12.5. The molecule has 10 heteroatoms. The highest BCUT2D eigenvalue weighted by Gasteiger charge is 2.26. The first-order valence-corrected chi connectivity index (χ1v) is 7.88. The van der Waals surface area contributed by atoms with Crippen molar-refractivity contribution in [1.82, 2.24) is 14.6 Å². The summed E-state index contributed by atoms with van der Waals surface area (Å²) >= 11 is 0. The van der Waals surface area contributed by atoms with Gasteiger partial charge < -0.3 is 22.0 Å². The summed E-state index contributed by atoms with van der Waals surface area (Å²) in [6, 6.07) is 3.83. The van der Waals surface area contributed by atoms with E-state index in [-0.39, 0.29) is 39.8 Å². The maximum Gasteiger partial charge on any atom is 0.228 e. The Kier molecular flexibility index (Phi) is 9.37. The molecule has 1 aliphatic rings. The lowest BCUT2D eigenvalue weighted by Crippen LogP contribution is -2.30. The summed E-state index contributed by atoms with van der Waals surface area (Å²) in [5.41, 5.74) is 7.29. The van der Waals surface area contributed by atoms with Crippen LogP contribution in [0.4, 0.5) is 5.82 Å². The van der Waals surface area contributed by atoms with Gasteiger partial charge in [0, 0.05) is 17.7 Å². The summed E-state index contributed by atoms with van der Waals surface area (Å²) in [5, 5.41) is 16.2. The number of nitriles is 1. The number of rotatable bonds is 3. The molecule has 2 aromatic heterocycles. The third-order valence-corrected chi connectivity index (χ3v) is 4.52. The monoisotopic (exact) mass is 428 g/mol. The van der Waals surface area contributed by atoms with Crippen LogP contribution in [-0.2, 0) is 4.79 Å². The molecule has 2 aromatic rings. The summed E-state index contributed by atoms with van der Waals surface area (Å²) in [6.45, 7) is 2.53. The van der Waals surface area contributed by atoms with E-state index in [1.54, 1.807) is 6.07 Å². The van der Waals surface area contributed by atoms with Crippen molar-refractivity contribution in [3.8, 4) is 6.07 Å². The van der Waals surface area contributed by atoms with Crippen molar-refractivity contribution in [2.75, 3.05) is 11.9 Å². The molecular weight excluding hydrogens is 404 g/mol. The SMILES string of the molecule is Br.Cc1cc(NC(=O)C2CCC(CN)CC2)n2ncc(C#N)c2n1.O.O. The van der Waals surface area contributed by atoms with E-state index >= 15 is 0 Å². The predicted molar refractivity (Wildman–Crippen MR) is 103 cm³/mol. The van der Waals surface area contributed by atoms with Crippen LogP contribution in [0.15, 0.2) is 12.3 Å². The number of halogens is 1. The molecular formula is C16H25BrN6O3. The van der Waals surface area contributed by atoms with E-state index in [0.29, 0.717) is 29.5 Å². The van der Waals surface area contributed by atoms with E-state index in [0.717, 1.165) is 31.4 Å². The van der Waals surface area contributed by atoms with Crippen molar-refractivity contribution in [3.63, 3.8) is 0 Å². The minimum atomic E-state index is 0. The molecule has 1 amide bonds. The highest BCUT2D eigenvalue weighted by atomic mass is 79.9. The number of aryl methyl sites for hydroxylation is 1. The van der Waals surface area contributed by atoms with Crippen molar-refractivity contribution in [3.05, 3.63) is 23.5 Å². The number of hydrogen-bond donors (Lipinski definition) is 2. The molecule has 0 bridgehead atoms. The Hall–Kier alpha value is -2.06. The molecule has 0 spiro atoms. The van der Waals surface area contributed by atoms with Gasteiger partial charge in [0.2, 0.25) is 5.91 Å². The van der Waals surface area contributed by atoms with Gasteiger partial charge in [-0.15, -0.1) is 17.0 Å². The Balaban J connectivity index is 0.00000208. The van der Waals surface area contributed by atoms with Crippen LogP contribution in [-0.4, -0.2) is 38.0 Å². The molecule has 0 saturated heterocycles. The molecule has 1 aliphatic carbocycles. The van der Waals surface area contributed by atoms with Gasteiger partial charge >= 0.3 is 0 Å². The van der Waals surface area contributed by atoms with E-state index in [2.05, 4.69) is 21.5 Å². The number of carbonyl (C=O) groups is 1. The van der Waals surface area contributed by atoms with Crippen molar-refractivity contribution < 1.29 is 15.7 Å². The lowest BCUT2D eigenvalue weighted by atomic mass is 9.81. The fourth-order valence-electron chi connectivity index (χ4n) is 3.14. The first-order chi connectivity index (χ1) is 11.1. The molecule has 2 heterocycles. The van der Waals surface area contributed by atoms with Crippen LogP contribution >= 0.6 is 17.0 Å². The number of nitrogens with one attached hydrogen (secondary N) is 1. The Morgan fingerprint density at radius 2 is 2.04 bits per heavy atom. The Bertz CT molecular complexity index is 780. The lowest BCUT2D eigenvalue weighted by Gasteiger charge is -2.26. The number of nitrogens with two attached hydrogens (primary N) is 1. The second-order valence-electron chi connectivity index (χ2n) is 6.13. The van der Waals surface area contributed by atoms with E-state index in [1.807, 2.05) is 6.92 Å². The fraction of sp³-hybridized carbons (Fsp3) is 0.500. The highest BCUT2D eigenvalue weighted by molar-refractivity contribution is 8.93. The molecule has 3 rings (SSSR count). The number of aromatic nitrogens is 3. The Morgan fingerprint density at radius 1 is 1.38 bits per heavy atom. The average Bonchev–Trinajstić information content (AvgIpc) is 2.97. The average molecular weight is 429 g/mol. The summed E-state index contributed by atoms with van der Waals surface area (Å²) < 4.78 is 1.51. The molecule has 1 fully saturated rings. The molecule has 1 saturated carbocycles. The first kappa shape index (κ1) is 23.9. The third-order valence-electron chi connectivity index (χ3n) is 4.52. The Labute approximate surface area is 162 Å². The van der Waals surface area contributed by atoms with Crippen LogP contribution in [0.5, 0.6) is 0 Å². The van der Waals surface area contributed by atoms with Gasteiger partial charge in [-0.05, 0) is 45.1 Å². The van der Waals surface area contributed by atoms with Gasteiger partial charge in [-0.1, -0.05) is 0 Å². The minimum absolute atomic E-state index is 0. The number of hydrogen-bond acceptors (Lipinski definition) is 5. The largest absolute Gasteiger partial charge is 0.412 e. The van der Waals surface area contributed by atoms with Crippen LogP contribution in [0.3, 0.4) is 0 Å². The van der Waals surface area contributed by atoms with Gasteiger partial charge in [-0.3, -0.25) is 4.79 Å². The maximum atomic E-state index is 12.5. The van der Waals surface area contributed by atoms with Crippen LogP contribution in [0.1, 0.15) is 36.9 Å². The molecule has 26 heavy (non-hydrogen) atoms. The van der Waals surface area contributed by atoms with Gasteiger partial charge in [-0.25, -0.2) is 4.98 Å². The zero-order valence-corrected chi connectivity index (χ0v) is 16.2. The number of amides is 1. The number of carbonyl (C=O) groups excluding carboxylic acids is 1. The second-order valence-corrected chi connectivity index (χ2v) is 6.13. The lowest BCUT2D eigenvalue weighted by molar-refractivity contribution is -0.121. The van der Waals surface area contributed by atoms with Gasteiger partial charge in [0.25, 0.3) is 0 Å². The van der Waals surface area contributed by atoms with Gasteiger partial charge in [-0.2, -0.15) is 14.9 Å². The molecule has 0 aliphatic heterocycles. The minimum Gasteiger partial charge on any atom is -0.412 e. The second kappa shape index (κ2) is 10.2. The Morgan fingerprint density at radius 3 is 2.62 bits per heavy atom. The molecule has 9 nitrogen and oxygen atoms in total. The molecule has 0 radical (unpaired) electrons. The number of fused-ring (bicyclic) bond motifs is 1. The van der Waals surface area contributed by atoms with E-state index in [9.17, 15) is 4.79 Å². The molecule has 0 atom stereocenters. The van der Waals surface area contributed by atoms with Crippen molar-refractivity contribution in [1.29, 1.82) is 5.26 Å². The standard InChI is InChI=1S/C16H20N6O.BrH.2H2O/c1-10-6-14(22-15(20-10)13(8-18)9-19-22)21-16(23)12-4-2-11(7-17)3-5-12;;;/h6,9,11-12H,2-5,7,17H2,1H3,(H,21,23);1H;2*1H2. The van der Waals surface area contributed by atoms with E-state index in [1.165, 1.54) is 10.7 Å². The summed E-state index contributed by atoms with van der Waals surface area (Å²) in [4.78, 5) is 16.8. The molecule has 7 N–H and O–H groups in total. The van der Waals surface area contributed by atoms with E-state index in [4.69, 9.17) is 11.0 Å². The summed E-state index contributed by atoms with van der Waals surface area (Å²) in [6.07, 6.45) is 5.19. The first-order valence-electron chi connectivity index (χ1n) is 7.88. The zero-order chi connectivity index (χ0) is 16.4. The normalized spacial score (nSPS) is 18.7. The van der Waals surface area contributed by atoms with Crippen molar-refractivity contribution in [2.45, 2.75) is 32.6 Å². The van der Waals surface area contributed by atoms with Crippen LogP contribution in [0.2, 0.25) is 0 Å². The molecule has 144 valence electrons. The smallest absolute Gasteiger partial charge is 0.228 e. The van der Waals surface area contributed by atoms with Crippen LogP contribution < -0.4 is 11.1 Å². The summed E-state index contributed by atoms with van der Waals surface area (Å²) in [5.74, 6) is 1.10. The van der Waals surface area contributed by atoms with Crippen LogP contribution in [0.25, 0.3) is 5.65 Å². The predicted octanol–water partition coefficient (Wildman–Crippen LogP) is 0.541.